The first-order valence-electron chi connectivity index (χ1n) is 11.3. The Balaban J connectivity index is 1.61. The lowest BCUT2D eigenvalue weighted by atomic mass is 10.1. The molecule has 0 spiro atoms. The fourth-order valence-corrected chi connectivity index (χ4v) is 4.28. The van der Waals surface area contributed by atoms with Gasteiger partial charge in [0.1, 0.15) is 18.1 Å². The van der Waals surface area contributed by atoms with Crippen molar-refractivity contribution in [1.29, 1.82) is 0 Å². The number of anilines is 1. The number of rotatable bonds is 8. The number of ether oxygens (including phenoxy) is 2. The number of amides is 1. The second-order valence-electron chi connectivity index (χ2n) is 8.20. The number of carbonyl (C=O) groups is 1. The highest BCUT2D eigenvalue weighted by molar-refractivity contribution is 7.80. The predicted molar refractivity (Wildman–Crippen MR) is 142 cm³/mol. The Labute approximate surface area is 214 Å². The van der Waals surface area contributed by atoms with Crippen LogP contribution >= 0.6 is 12.2 Å². The Bertz CT molecular complexity index is 1390. The van der Waals surface area contributed by atoms with Crippen molar-refractivity contribution in [1.82, 2.24) is 5.32 Å². The minimum absolute atomic E-state index is 0.0419. The van der Waals surface area contributed by atoms with Gasteiger partial charge in [0.25, 0.3) is 5.91 Å². The minimum atomic E-state index is -0.477. The van der Waals surface area contributed by atoms with Crippen molar-refractivity contribution in [3.05, 3.63) is 98.7 Å². The Morgan fingerprint density at radius 3 is 2.58 bits per heavy atom. The maximum absolute atomic E-state index is 13.2. The van der Waals surface area contributed by atoms with Gasteiger partial charge in [0.15, 0.2) is 10.9 Å². The molecule has 0 bridgehead atoms. The summed E-state index contributed by atoms with van der Waals surface area (Å²) < 4.78 is 11.3. The van der Waals surface area contributed by atoms with E-state index < -0.39 is 4.92 Å². The first kappa shape index (κ1) is 24.9. The standard InChI is InChI=1S/C27H25N3O5S/c1-4-19-7-5-6-8-22(19)29-26(31)21(28-27(29)36)15-18-10-12-24(34-3)20(14-18)16-35-25-13-17(2)9-11-23(25)30(32)33/h5-15H,4,16H2,1-3H3,(H,28,36)/b21-15+. The van der Waals surface area contributed by atoms with E-state index in [-0.39, 0.29) is 24.0 Å². The van der Waals surface area contributed by atoms with E-state index in [9.17, 15) is 14.9 Å². The first-order chi connectivity index (χ1) is 17.3. The third-order valence-corrected chi connectivity index (χ3v) is 6.09. The van der Waals surface area contributed by atoms with Crippen LogP contribution in [0.15, 0.2) is 66.4 Å². The first-order valence-corrected chi connectivity index (χ1v) is 11.7. The topological polar surface area (TPSA) is 93.9 Å². The number of para-hydroxylation sites is 1. The number of hydrogen-bond acceptors (Lipinski definition) is 6. The van der Waals surface area contributed by atoms with Crippen molar-refractivity contribution in [2.75, 3.05) is 12.0 Å². The molecule has 0 aliphatic carbocycles. The Morgan fingerprint density at radius 1 is 1.08 bits per heavy atom. The zero-order chi connectivity index (χ0) is 25.8. The minimum Gasteiger partial charge on any atom is -0.496 e. The van der Waals surface area contributed by atoms with Gasteiger partial charge >= 0.3 is 5.69 Å². The molecule has 0 saturated carbocycles. The second-order valence-corrected chi connectivity index (χ2v) is 8.59. The van der Waals surface area contributed by atoms with Gasteiger partial charge in [-0.25, -0.2) is 0 Å². The molecule has 1 aliphatic rings. The van der Waals surface area contributed by atoms with Gasteiger partial charge in [0, 0.05) is 11.6 Å². The molecule has 3 aromatic carbocycles. The number of thiocarbonyl (C=S) groups is 1. The molecule has 3 aromatic rings. The van der Waals surface area contributed by atoms with Gasteiger partial charge in [-0.05, 0) is 72.6 Å². The highest BCUT2D eigenvalue weighted by atomic mass is 32.1. The van der Waals surface area contributed by atoms with E-state index in [1.165, 1.54) is 18.1 Å². The number of nitro groups is 1. The van der Waals surface area contributed by atoms with Gasteiger partial charge in [0.2, 0.25) is 0 Å². The molecule has 1 fully saturated rings. The van der Waals surface area contributed by atoms with Crippen LogP contribution in [0.5, 0.6) is 11.5 Å². The molecule has 8 nitrogen and oxygen atoms in total. The average molecular weight is 504 g/mol. The van der Waals surface area contributed by atoms with Gasteiger partial charge in [0.05, 0.1) is 17.7 Å². The van der Waals surface area contributed by atoms with E-state index >= 15 is 0 Å². The predicted octanol–water partition coefficient (Wildman–Crippen LogP) is 5.32. The van der Waals surface area contributed by atoms with Gasteiger partial charge < -0.3 is 14.8 Å². The van der Waals surface area contributed by atoms with Crippen LogP contribution in [0.1, 0.15) is 29.2 Å². The third-order valence-electron chi connectivity index (χ3n) is 5.80. The van der Waals surface area contributed by atoms with Crippen molar-refractivity contribution in [2.24, 2.45) is 0 Å². The van der Waals surface area contributed by atoms with Crippen LogP contribution in [-0.4, -0.2) is 23.1 Å². The molecule has 184 valence electrons. The normalized spacial score (nSPS) is 14.2. The number of methoxy groups -OCH3 is 1. The van der Waals surface area contributed by atoms with E-state index in [1.807, 2.05) is 50.2 Å². The molecule has 1 aliphatic heterocycles. The summed E-state index contributed by atoms with van der Waals surface area (Å²) in [5, 5.41) is 14.7. The molecular weight excluding hydrogens is 478 g/mol. The zero-order valence-corrected chi connectivity index (χ0v) is 20.9. The lowest BCUT2D eigenvalue weighted by Gasteiger charge is -2.17. The number of carbonyl (C=O) groups excluding carboxylic acids is 1. The average Bonchev–Trinajstić information content (AvgIpc) is 3.14. The van der Waals surface area contributed by atoms with Gasteiger partial charge in [-0.15, -0.1) is 0 Å². The third kappa shape index (κ3) is 5.06. The Kier molecular flexibility index (Phi) is 7.30. The number of nitrogens with one attached hydrogen (secondary N) is 1. The van der Waals surface area contributed by atoms with Crippen LogP contribution in [0.2, 0.25) is 0 Å². The smallest absolute Gasteiger partial charge is 0.310 e. The van der Waals surface area contributed by atoms with Crippen LogP contribution in [-0.2, 0) is 17.8 Å². The van der Waals surface area contributed by atoms with Crippen LogP contribution < -0.4 is 19.7 Å². The molecule has 9 heteroatoms. The Morgan fingerprint density at radius 2 is 1.86 bits per heavy atom. The van der Waals surface area contributed by atoms with Crippen molar-refractivity contribution in [3.8, 4) is 11.5 Å². The molecule has 0 atom stereocenters. The molecule has 36 heavy (non-hydrogen) atoms. The van der Waals surface area contributed by atoms with Gasteiger partial charge in [-0.3, -0.25) is 19.8 Å². The highest BCUT2D eigenvalue weighted by Gasteiger charge is 2.33. The van der Waals surface area contributed by atoms with Crippen LogP contribution in [0, 0.1) is 17.0 Å². The van der Waals surface area contributed by atoms with Crippen LogP contribution in [0.3, 0.4) is 0 Å². The van der Waals surface area contributed by atoms with Gasteiger partial charge in [-0.2, -0.15) is 0 Å². The summed E-state index contributed by atoms with van der Waals surface area (Å²) in [6.07, 6.45) is 2.48. The van der Waals surface area contributed by atoms with E-state index in [0.717, 1.165) is 28.8 Å². The van der Waals surface area contributed by atoms with Gasteiger partial charge in [-0.1, -0.05) is 37.3 Å². The number of benzene rings is 3. The maximum Gasteiger partial charge on any atom is 0.310 e. The SMILES string of the molecule is CCc1ccccc1N1C(=O)/C(=C\c2ccc(OC)c(COc3cc(C)ccc3[N+](=O)[O-])c2)NC1=S. The molecule has 1 saturated heterocycles. The summed E-state index contributed by atoms with van der Waals surface area (Å²) in [5.41, 5.74) is 4.25. The monoisotopic (exact) mass is 503 g/mol. The summed E-state index contributed by atoms with van der Waals surface area (Å²) in [7, 11) is 1.54. The molecular formula is C27H25N3O5S. The molecule has 1 heterocycles. The Hall–Kier alpha value is -4.24. The molecule has 0 aromatic heterocycles. The number of hydrogen-bond donors (Lipinski definition) is 1. The van der Waals surface area contributed by atoms with Crippen LogP contribution in [0.4, 0.5) is 11.4 Å². The quantitative estimate of drug-likeness (QED) is 0.193. The largest absolute Gasteiger partial charge is 0.496 e. The van der Waals surface area contributed by atoms with Crippen molar-refractivity contribution < 1.29 is 19.2 Å². The molecule has 1 N–H and O–H groups in total. The van der Waals surface area contributed by atoms with Crippen molar-refractivity contribution in [2.45, 2.75) is 26.9 Å². The lowest BCUT2D eigenvalue weighted by Crippen LogP contribution is -2.31. The summed E-state index contributed by atoms with van der Waals surface area (Å²) in [5.74, 6) is 0.492. The number of nitro benzene ring substituents is 1. The summed E-state index contributed by atoms with van der Waals surface area (Å²) in [6.45, 7) is 3.90. The lowest BCUT2D eigenvalue weighted by molar-refractivity contribution is -0.386. The van der Waals surface area contributed by atoms with E-state index in [4.69, 9.17) is 21.7 Å². The molecule has 1 amide bonds. The highest BCUT2D eigenvalue weighted by Crippen LogP contribution is 2.31. The van der Waals surface area contributed by atoms with Crippen molar-refractivity contribution in [3.63, 3.8) is 0 Å². The van der Waals surface area contributed by atoms with Crippen LogP contribution in [0.25, 0.3) is 6.08 Å². The summed E-state index contributed by atoms with van der Waals surface area (Å²) in [6, 6.07) is 17.8. The van der Waals surface area contributed by atoms with E-state index in [0.29, 0.717) is 22.1 Å². The zero-order valence-electron chi connectivity index (χ0n) is 20.1. The molecule has 0 unspecified atom stereocenters. The fraction of sp³-hybridized carbons (Fsp3) is 0.185. The fourth-order valence-electron chi connectivity index (χ4n) is 3.99. The molecule has 4 rings (SSSR count). The second kappa shape index (κ2) is 10.6. The summed E-state index contributed by atoms with van der Waals surface area (Å²) in [4.78, 5) is 25.6. The summed E-state index contributed by atoms with van der Waals surface area (Å²) >= 11 is 5.46. The maximum atomic E-state index is 13.2. The van der Waals surface area contributed by atoms with Crippen molar-refractivity contribution >= 4 is 40.7 Å². The number of nitrogens with zero attached hydrogens (tertiary/aromatic N) is 2. The molecule has 0 radical (unpaired) electrons. The number of aryl methyl sites for hydroxylation is 2. The van der Waals surface area contributed by atoms with E-state index in [2.05, 4.69) is 5.32 Å². The van der Waals surface area contributed by atoms with E-state index in [1.54, 1.807) is 24.3 Å².